The average molecular weight is 376 g/mol. The molecule has 2 N–H and O–H groups in total. The van der Waals surface area contributed by atoms with Crippen LogP contribution in [0.1, 0.15) is 28.9 Å². The number of aromatic nitrogens is 2. The van der Waals surface area contributed by atoms with Crippen molar-refractivity contribution in [3.8, 4) is 5.88 Å². The van der Waals surface area contributed by atoms with E-state index >= 15 is 0 Å². The predicted molar refractivity (Wildman–Crippen MR) is 96.5 cm³/mol. The van der Waals surface area contributed by atoms with Gasteiger partial charge in [0.25, 0.3) is 5.91 Å². The van der Waals surface area contributed by atoms with Crippen LogP contribution in [-0.2, 0) is 16.0 Å². The Kier molecular flexibility index (Phi) is 6.13. The lowest BCUT2D eigenvalue weighted by atomic mass is 10.1. The maximum atomic E-state index is 12.3. The number of rotatable bonds is 6. The zero-order valence-corrected chi connectivity index (χ0v) is 15.2. The van der Waals surface area contributed by atoms with Crippen LogP contribution in [-0.4, -0.2) is 48.1 Å². The maximum absolute atomic E-state index is 12.3. The molecular formula is C17H20N4O4S. The summed E-state index contributed by atoms with van der Waals surface area (Å²) in [4.78, 5) is 32.1. The third-order valence-electron chi connectivity index (χ3n) is 3.85. The number of carbonyl (C=O) groups is 2. The number of thiazole rings is 1. The van der Waals surface area contributed by atoms with Crippen LogP contribution in [0, 0.1) is 0 Å². The summed E-state index contributed by atoms with van der Waals surface area (Å²) in [6.45, 7) is 1.39. The second kappa shape index (κ2) is 8.72. The van der Waals surface area contributed by atoms with E-state index in [0.717, 1.165) is 12.8 Å². The summed E-state index contributed by atoms with van der Waals surface area (Å²) in [5.74, 6) is 0.0593. The smallest absolute Gasteiger partial charge is 0.259 e. The first kappa shape index (κ1) is 18.3. The molecule has 1 aliphatic rings. The Morgan fingerprint density at radius 2 is 2.15 bits per heavy atom. The lowest BCUT2D eigenvalue weighted by Gasteiger charge is -2.22. The largest absolute Gasteiger partial charge is 0.474 e. The summed E-state index contributed by atoms with van der Waals surface area (Å²) in [6, 6.07) is 3.35. The lowest BCUT2D eigenvalue weighted by molar-refractivity contribution is -0.120. The van der Waals surface area contributed by atoms with Crippen molar-refractivity contribution in [1.29, 1.82) is 0 Å². The van der Waals surface area contributed by atoms with Crippen molar-refractivity contribution in [2.75, 3.05) is 25.6 Å². The van der Waals surface area contributed by atoms with Crippen LogP contribution < -0.4 is 15.4 Å². The van der Waals surface area contributed by atoms with Gasteiger partial charge in [-0.3, -0.25) is 14.9 Å². The van der Waals surface area contributed by atoms with E-state index < -0.39 is 0 Å². The normalized spacial score (nSPS) is 14.7. The summed E-state index contributed by atoms with van der Waals surface area (Å²) in [6.07, 6.45) is 3.44. The third kappa shape index (κ3) is 4.99. The average Bonchev–Trinajstić information content (AvgIpc) is 3.09. The molecule has 0 bridgehead atoms. The van der Waals surface area contributed by atoms with E-state index in [4.69, 9.17) is 9.47 Å². The molecule has 3 heterocycles. The highest BCUT2D eigenvalue weighted by Gasteiger charge is 2.16. The van der Waals surface area contributed by atoms with Gasteiger partial charge in [0, 0.05) is 37.5 Å². The minimum Gasteiger partial charge on any atom is -0.474 e. The third-order valence-corrected chi connectivity index (χ3v) is 4.65. The van der Waals surface area contributed by atoms with Crippen LogP contribution in [0.25, 0.3) is 0 Å². The van der Waals surface area contributed by atoms with Gasteiger partial charge in [-0.15, -0.1) is 11.3 Å². The number of hydrogen-bond donors (Lipinski definition) is 2. The van der Waals surface area contributed by atoms with Gasteiger partial charge in [-0.1, -0.05) is 0 Å². The number of ether oxygens (including phenoxy) is 2. The van der Waals surface area contributed by atoms with Gasteiger partial charge in [0.2, 0.25) is 11.8 Å². The first-order chi connectivity index (χ1) is 12.6. The predicted octanol–water partition coefficient (Wildman–Crippen LogP) is 1.64. The highest BCUT2D eigenvalue weighted by Crippen LogP contribution is 2.19. The van der Waals surface area contributed by atoms with Crippen molar-refractivity contribution in [3.05, 3.63) is 35.0 Å². The number of hydrogen-bond acceptors (Lipinski definition) is 7. The Morgan fingerprint density at radius 3 is 2.85 bits per heavy atom. The van der Waals surface area contributed by atoms with E-state index in [1.54, 1.807) is 24.6 Å². The van der Waals surface area contributed by atoms with Crippen LogP contribution in [0.5, 0.6) is 5.88 Å². The van der Waals surface area contributed by atoms with Crippen molar-refractivity contribution in [2.24, 2.45) is 0 Å². The van der Waals surface area contributed by atoms with E-state index in [-0.39, 0.29) is 24.3 Å². The fraction of sp³-hybridized carbons (Fsp3) is 0.412. The van der Waals surface area contributed by atoms with Crippen LogP contribution in [0.2, 0.25) is 0 Å². The fourth-order valence-electron chi connectivity index (χ4n) is 2.42. The molecule has 1 saturated heterocycles. The molecule has 1 fully saturated rings. The molecule has 0 aliphatic carbocycles. The summed E-state index contributed by atoms with van der Waals surface area (Å²) >= 11 is 1.27. The molecule has 2 amide bonds. The molecular weight excluding hydrogens is 356 g/mol. The lowest BCUT2D eigenvalue weighted by Crippen LogP contribution is -2.26. The Labute approximate surface area is 154 Å². The number of pyridine rings is 1. The van der Waals surface area contributed by atoms with E-state index in [1.165, 1.54) is 17.5 Å². The molecule has 2 aromatic heterocycles. The molecule has 0 spiro atoms. The topological polar surface area (TPSA) is 102 Å². The van der Waals surface area contributed by atoms with Gasteiger partial charge in [-0.2, -0.15) is 0 Å². The molecule has 0 radical (unpaired) electrons. The zero-order valence-electron chi connectivity index (χ0n) is 14.4. The van der Waals surface area contributed by atoms with Crippen molar-refractivity contribution in [3.63, 3.8) is 0 Å². The molecule has 0 aromatic carbocycles. The Hall–Kier alpha value is -2.52. The van der Waals surface area contributed by atoms with Crippen LogP contribution in [0.3, 0.4) is 0 Å². The first-order valence-electron chi connectivity index (χ1n) is 8.31. The quantitative estimate of drug-likeness (QED) is 0.795. The fourth-order valence-corrected chi connectivity index (χ4v) is 3.12. The van der Waals surface area contributed by atoms with Crippen molar-refractivity contribution >= 4 is 28.3 Å². The number of amides is 2. The molecule has 0 atom stereocenters. The molecule has 0 saturated carbocycles. The SMILES string of the molecule is CNC(=O)Cc1csc(NC(=O)c2ccc(OC3CCOCC3)nc2)n1. The highest BCUT2D eigenvalue weighted by atomic mass is 32.1. The highest BCUT2D eigenvalue weighted by molar-refractivity contribution is 7.14. The summed E-state index contributed by atoms with van der Waals surface area (Å²) in [5.41, 5.74) is 1.02. The summed E-state index contributed by atoms with van der Waals surface area (Å²) in [7, 11) is 1.57. The van der Waals surface area contributed by atoms with Gasteiger partial charge in [0.05, 0.1) is 30.9 Å². The number of likely N-dealkylation sites (N-methyl/N-ethyl adjacent to an activating group) is 1. The van der Waals surface area contributed by atoms with Crippen LogP contribution >= 0.6 is 11.3 Å². The van der Waals surface area contributed by atoms with Crippen LogP contribution in [0.4, 0.5) is 5.13 Å². The number of nitrogens with one attached hydrogen (secondary N) is 2. The van der Waals surface area contributed by atoms with Crippen molar-refractivity contribution in [1.82, 2.24) is 15.3 Å². The minimum atomic E-state index is -0.309. The second-order valence-corrected chi connectivity index (χ2v) is 6.62. The van der Waals surface area contributed by atoms with Gasteiger partial charge < -0.3 is 14.8 Å². The molecule has 2 aromatic rings. The van der Waals surface area contributed by atoms with Crippen molar-refractivity contribution < 1.29 is 19.1 Å². The van der Waals surface area contributed by atoms with Gasteiger partial charge in [0.1, 0.15) is 6.10 Å². The molecule has 138 valence electrons. The first-order valence-corrected chi connectivity index (χ1v) is 9.19. The number of carbonyl (C=O) groups excluding carboxylic acids is 2. The minimum absolute atomic E-state index is 0.102. The van der Waals surface area contributed by atoms with Gasteiger partial charge >= 0.3 is 0 Å². The maximum Gasteiger partial charge on any atom is 0.259 e. The molecule has 1 aliphatic heterocycles. The summed E-state index contributed by atoms with van der Waals surface area (Å²) in [5, 5.41) is 7.43. The van der Waals surface area contributed by atoms with E-state index in [0.29, 0.717) is 35.5 Å². The van der Waals surface area contributed by atoms with Crippen molar-refractivity contribution in [2.45, 2.75) is 25.4 Å². The molecule has 0 unspecified atom stereocenters. The van der Waals surface area contributed by atoms with Gasteiger partial charge in [-0.05, 0) is 6.07 Å². The number of nitrogens with zero attached hydrogens (tertiary/aromatic N) is 2. The monoisotopic (exact) mass is 376 g/mol. The Bertz CT molecular complexity index is 756. The molecule has 8 nitrogen and oxygen atoms in total. The second-order valence-electron chi connectivity index (χ2n) is 5.76. The summed E-state index contributed by atoms with van der Waals surface area (Å²) < 4.78 is 11.1. The Balaban J connectivity index is 1.55. The van der Waals surface area contributed by atoms with Gasteiger partial charge in [-0.25, -0.2) is 9.97 Å². The zero-order chi connectivity index (χ0) is 18.4. The van der Waals surface area contributed by atoms with E-state index in [9.17, 15) is 9.59 Å². The standard InChI is InChI=1S/C17H20N4O4S/c1-18-14(22)8-12-10-26-17(20-12)21-16(23)11-2-3-15(19-9-11)25-13-4-6-24-7-5-13/h2-3,9-10,13H,4-8H2,1H3,(H,18,22)(H,20,21,23). The molecule has 9 heteroatoms. The number of anilines is 1. The van der Waals surface area contributed by atoms with E-state index in [2.05, 4.69) is 20.6 Å². The molecule has 26 heavy (non-hydrogen) atoms. The van der Waals surface area contributed by atoms with E-state index in [1.807, 2.05) is 0 Å². The Morgan fingerprint density at radius 1 is 1.35 bits per heavy atom. The van der Waals surface area contributed by atoms with Crippen LogP contribution in [0.15, 0.2) is 23.7 Å². The van der Waals surface area contributed by atoms with Gasteiger partial charge in [0.15, 0.2) is 5.13 Å². The molecule has 3 rings (SSSR count).